The van der Waals surface area contributed by atoms with E-state index < -0.39 is 17.2 Å². The molecule has 1 aliphatic carbocycles. The number of anilines is 2. The van der Waals surface area contributed by atoms with Crippen molar-refractivity contribution < 1.29 is 13.9 Å². The van der Waals surface area contributed by atoms with E-state index in [1.54, 1.807) is 12.3 Å². The number of benzene rings is 2. The number of nitrogens with zero attached hydrogens (tertiary/aromatic N) is 4. The molecule has 10 heteroatoms. The second kappa shape index (κ2) is 10.7. The molecular weight excluding hydrogens is 485 g/mol. The molecule has 0 bridgehead atoms. The molecule has 5 rings (SSSR count). The van der Waals surface area contributed by atoms with Crippen LogP contribution in [0.1, 0.15) is 34.8 Å². The van der Waals surface area contributed by atoms with Crippen molar-refractivity contribution in [2.45, 2.75) is 18.9 Å². The Hall–Kier alpha value is -3.43. The molecule has 1 saturated heterocycles. The van der Waals surface area contributed by atoms with Gasteiger partial charge in [-0.15, -0.1) is 12.4 Å². The molecule has 8 nitrogen and oxygen atoms in total. The van der Waals surface area contributed by atoms with E-state index in [1.165, 1.54) is 12.3 Å². The van der Waals surface area contributed by atoms with Gasteiger partial charge in [0.15, 0.2) is 0 Å². The number of ether oxygens (including phenoxy) is 1. The smallest absolute Gasteiger partial charge is 0.276 e. The van der Waals surface area contributed by atoms with E-state index in [-0.39, 0.29) is 29.4 Å². The summed E-state index contributed by atoms with van der Waals surface area (Å²) in [4.78, 5) is 30.0. The summed E-state index contributed by atoms with van der Waals surface area (Å²) in [6, 6.07) is 10.8. The van der Waals surface area contributed by atoms with Crippen LogP contribution in [0.2, 0.25) is 0 Å². The summed E-state index contributed by atoms with van der Waals surface area (Å²) in [6.45, 7) is 2.25. The van der Waals surface area contributed by atoms with Gasteiger partial charge in [0.25, 0.3) is 5.91 Å². The first-order valence-electron chi connectivity index (χ1n) is 11.7. The number of hydrogen-bond donors (Lipinski definition) is 1. The highest BCUT2D eigenvalue weighted by Crippen LogP contribution is 2.38. The summed E-state index contributed by atoms with van der Waals surface area (Å²) in [5, 5.41) is 4.21. The molecule has 190 valence electrons. The fourth-order valence-electron chi connectivity index (χ4n) is 4.31. The lowest BCUT2D eigenvalue weighted by atomic mass is 10.1. The number of hydrogen-bond acceptors (Lipinski definition) is 6. The number of morpholine rings is 1. The highest BCUT2D eigenvalue weighted by Gasteiger charge is 2.28. The van der Waals surface area contributed by atoms with E-state index in [0.717, 1.165) is 24.1 Å². The van der Waals surface area contributed by atoms with E-state index in [0.29, 0.717) is 37.5 Å². The van der Waals surface area contributed by atoms with E-state index in [9.17, 15) is 9.59 Å². The molecule has 3 aromatic rings. The summed E-state index contributed by atoms with van der Waals surface area (Å²) in [5.74, 6) is -1.10. The maximum absolute atomic E-state index is 15.1. The van der Waals surface area contributed by atoms with Crippen LogP contribution in [0.4, 0.5) is 15.8 Å². The van der Waals surface area contributed by atoms with Crippen LogP contribution >= 0.6 is 12.4 Å². The Labute approximate surface area is 214 Å². The molecule has 2 aliphatic rings. The van der Waals surface area contributed by atoms with Crippen LogP contribution in [0.3, 0.4) is 0 Å². The average Bonchev–Trinajstić information content (AvgIpc) is 3.70. The van der Waals surface area contributed by atoms with Crippen molar-refractivity contribution in [1.29, 1.82) is 0 Å². The lowest BCUT2D eigenvalue weighted by molar-refractivity contribution is 0.0953. The van der Waals surface area contributed by atoms with Crippen LogP contribution in [0.25, 0.3) is 10.9 Å². The number of fused-ring (bicyclic) bond motifs is 1. The van der Waals surface area contributed by atoms with Crippen LogP contribution in [0, 0.1) is 5.82 Å². The Morgan fingerprint density at radius 3 is 2.50 bits per heavy atom. The average molecular weight is 514 g/mol. The van der Waals surface area contributed by atoms with E-state index in [2.05, 4.69) is 10.5 Å². The molecule has 1 saturated carbocycles. The van der Waals surface area contributed by atoms with Gasteiger partial charge in [-0.25, -0.2) is 9.82 Å². The number of rotatable bonds is 6. The molecule has 2 aromatic carbocycles. The Balaban J connectivity index is 0.00000304. The zero-order chi connectivity index (χ0) is 24.5. The summed E-state index contributed by atoms with van der Waals surface area (Å²) in [6.07, 6.45) is 5.00. The lowest BCUT2D eigenvalue weighted by Crippen LogP contribution is -2.37. The predicted octanol–water partition coefficient (Wildman–Crippen LogP) is 3.56. The van der Waals surface area contributed by atoms with Crippen molar-refractivity contribution in [3.63, 3.8) is 0 Å². The minimum atomic E-state index is -0.620. The largest absolute Gasteiger partial charge is 0.378 e. The van der Waals surface area contributed by atoms with Gasteiger partial charge >= 0.3 is 0 Å². The topological polar surface area (TPSA) is 79.2 Å². The van der Waals surface area contributed by atoms with Crippen molar-refractivity contribution in [1.82, 2.24) is 9.99 Å². The van der Waals surface area contributed by atoms with E-state index in [1.807, 2.05) is 52.7 Å². The number of amides is 1. The van der Waals surface area contributed by atoms with Gasteiger partial charge in [0.1, 0.15) is 11.4 Å². The van der Waals surface area contributed by atoms with Gasteiger partial charge < -0.3 is 19.1 Å². The Kier molecular flexibility index (Phi) is 7.61. The maximum atomic E-state index is 15.1. The van der Waals surface area contributed by atoms with Gasteiger partial charge in [-0.05, 0) is 42.7 Å². The SMILES string of the molecule is CN(C)c1ccc(/C=N\NC(=O)c2cn(C3CC3)c3cc(N4CCOCC4)c(F)cc3c2=O)cc1.Cl. The number of halogens is 2. The zero-order valence-corrected chi connectivity index (χ0v) is 21.1. The molecule has 1 N–H and O–H groups in total. The molecule has 2 fully saturated rings. The first kappa shape index (κ1) is 25.7. The second-order valence-corrected chi connectivity index (χ2v) is 9.12. The quantitative estimate of drug-likeness (QED) is 0.403. The van der Waals surface area contributed by atoms with Crippen molar-refractivity contribution in [3.05, 3.63) is 69.8 Å². The minimum Gasteiger partial charge on any atom is -0.378 e. The van der Waals surface area contributed by atoms with Gasteiger partial charge in [0.2, 0.25) is 5.43 Å². The second-order valence-electron chi connectivity index (χ2n) is 9.12. The zero-order valence-electron chi connectivity index (χ0n) is 20.2. The number of pyridine rings is 1. The monoisotopic (exact) mass is 513 g/mol. The summed E-state index contributed by atoms with van der Waals surface area (Å²) >= 11 is 0. The molecule has 1 amide bonds. The number of carbonyl (C=O) groups excluding carboxylic acids is 1. The highest BCUT2D eigenvalue weighted by atomic mass is 35.5. The first-order valence-corrected chi connectivity index (χ1v) is 11.7. The van der Waals surface area contributed by atoms with Crippen molar-refractivity contribution in [3.8, 4) is 0 Å². The molecule has 2 heterocycles. The third-order valence-corrected chi connectivity index (χ3v) is 6.43. The molecule has 0 radical (unpaired) electrons. The van der Waals surface area contributed by atoms with Gasteiger partial charge in [-0.3, -0.25) is 9.59 Å². The van der Waals surface area contributed by atoms with Gasteiger partial charge in [0.05, 0.1) is 30.6 Å². The van der Waals surface area contributed by atoms with Gasteiger partial charge in [-0.2, -0.15) is 5.10 Å². The van der Waals surface area contributed by atoms with Crippen LogP contribution in [0.5, 0.6) is 0 Å². The molecule has 36 heavy (non-hydrogen) atoms. The summed E-state index contributed by atoms with van der Waals surface area (Å²) < 4.78 is 22.4. The van der Waals surface area contributed by atoms with Crippen LogP contribution in [-0.4, -0.2) is 57.1 Å². The van der Waals surface area contributed by atoms with Crippen LogP contribution < -0.4 is 20.7 Å². The molecule has 1 aliphatic heterocycles. The predicted molar refractivity (Wildman–Crippen MR) is 143 cm³/mol. The number of carbonyl (C=O) groups is 1. The highest BCUT2D eigenvalue weighted by molar-refractivity contribution is 5.98. The maximum Gasteiger partial charge on any atom is 0.276 e. The third-order valence-electron chi connectivity index (χ3n) is 6.43. The fraction of sp³-hybridized carbons (Fsp3) is 0.346. The van der Waals surface area contributed by atoms with Gasteiger partial charge in [-0.1, -0.05) is 12.1 Å². The van der Waals surface area contributed by atoms with Crippen molar-refractivity contribution in [2.75, 3.05) is 50.2 Å². The summed E-state index contributed by atoms with van der Waals surface area (Å²) in [5.41, 5.74) is 4.84. The van der Waals surface area contributed by atoms with E-state index >= 15 is 4.39 Å². The first-order chi connectivity index (χ1) is 16.9. The molecule has 1 aromatic heterocycles. The normalized spacial score (nSPS) is 15.7. The Morgan fingerprint density at radius 2 is 1.86 bits per heavy atom. The van der Waals surface area contributed by atoms with Crippen LogP contribution in [-0.2, 0) is 4.74 Å². The molecule has 0 atom stereocenters. The van der Waals surface area contributed by atoms with Crippen molar-refractivity contribution in [2.24, 2.45) is 5.10 Å². The molecular formula is C26H29ClFN5O3. The third kappa shape index (κ3) is 5.22. The number of aromatic nitrogens is 1. The van der Waals surface area contributed by atoms with Gasteiger partial charge in [0, 0.05) is 50.5 Å². The lowest BCUT2D eigenvalue weighted by Gasteiger charge is -2.29. The van der Waals surface area contributed by atoms with Crippen molar-refractivity contribution >= 4 is 46.8 Å². The number of hydrazone groups is 1. The molecule has 0 spiro atoms. The minimum absolute atomic E-state index is 0. The number of nitrogens with one attached hydrogen (secondary N) is 1. The van der Waals surface area contributed by atoms with E-state index in [4.69, 9.17) is 4.74 Å². The van der Waals surface area contributed by atoms with Crippen LogP contribution in [0.15, 0.2) is 52.5 Å². The standard InChI is InChI=1S/C26H28FN5O3.ClH/c1-30(2)18-5-3-17(4-6-18)15-28-29-26(34)21-16-32(19-7-8-19)23-14-24(31-9-11-35-12-10-31)22(27)13-20(23)25(21)33;/h3-6,13-16,19H,7-12H2,1-2H3,(H,29,34);1H/b28-15-;. The molecule has 0 unspecified atom stereocenters. The Morgan fingerprint density at radius 1 is 1.17 bits per heavy atom. The Bertz CT molecular complexity index is 1350. The fourth-order valence-corrected chi connectivity index (χ4v) is 4.31. The summed E-state index contributed by atoms with van der Waals surface area (Å²) in [7, 11) is 3.91.